The highest BCUT2D eigenvalue weighted by Crippen LogP contribution is 2.22. The highest BCUT2D eigenvalue weighted by molar-refractivity contribution is 5.83. The van der Waals surface area contributed by atoms with Gasteiger partial charge >= 0.3 is 5.97 Å². The molecule has 1 aliphatic heterocycles. The summed E-state index contributed by atoms with van der Waals surface area (Å²) in [6, 6.07) is 0. The third kappa shape index (κ3) is 1.55. The molecule has 0 aromatic heterocycles. The number of ether oxygens (including phenoxy) is 1. The molecule has 1 rings (SSSR count). The van der Waals surface area contributed by atoms with Gasteiger partial charge in [0.1, 0.15) is 6.23 Å². The molecule has 5 nitrogen and oxygen atoms in total. The maximum Gasteiger partial charge on any atom is 0.304 e. The molecular formula is C7H11NO4. The van der Waals surface area contributed by atoms with Gasteiger partial charge in [-0.2, -0.15) is 0 Å². The minimum absolute atomic E-state index is 0.171. The zero-order valence-electron chi connectivity index (χ0n) is 6.98. The molecule has 0 aromatic carbocycles. The van der Waals surface area contributed by atoms with Crippen molar-refractivity contribution in [1.29, 1.82) is 0 Å². The molecule has 0 spiro atoms. The number of aliphatic hydroxyl groups is 1. The second-order valence-corrected chi connectivity index (χ2v) is 2.70. The predicted molar refractivity (Wildman–Crippen MR) is 38.7 cm³/mol. The number of hydrogen-bond acceptors (Lipinski definition) is 4. The van der Waals surface area contributed by atoms with E-state index in [1.165, 1.54) is 13.8 Å². The van der Waals surface area contributed by atoms with E-state index in [0.717, 1.165) is 4.90 Å². The van der Waals surface area contributed by atoms with Crippen LogP contribution in [-0.4, -0.2) is 34.3 Å². The van der Waals surface area contributed by atoms with Gasteiger partial charge in [-0.3, -0.25) is 14.5 Å². The van der Waals surface area contributed by atoms with E-state index >= 15 is 0 Å². The van der Waals surface area contributed by atoms with Gasteiger partial charge in [-0.15, -0.1) is 0 Å². The number of aliphatic hydroxyl groups excluding tert-OH is 1. The van der Waals surface area contributed by atoms with Crippen molar-refractivity contribution in [3.63, 3.8) is 0 Å². The van der Waals surface area contributed by atoms with Crippen LogP contribution in [0.4, 0.5) is 0 Å². The molecule has 2 atom stereocenters. The number of likely N-dealkylation sites (tertiary alicyclic amines) is 1. The van der Waals surface area contributed by atoms with E-state index in [1.807, 2.05) is 0 Å². The first-order valence-electron chi connectivity index (χ1n) is 3.69. The van der Waals surface area contributed by atoms with E-state index in [9.17, 15) is 9.59 Å². The van der Waals surface area contributed by atoms with Gasteiger partial charge in [-0.05, 0) is 6.92 Å². The number of carbonyl (C=O) groups is 2. The van der Waals surface area contributed by atoms with Crippen LogP contribution in [0.2, 0.25) is 0 Å². The Morgan fingerprint density at radius 1 is 1.83 bits per heavy atom. The summed E-state index contributed by atoms with van der Waals surface area (Å²) >= 11 is 0. The number of nitrogens with zero attached hydrogens (tertiary/aromatic N) is 1. The number of hydrogen-bond donors (Lipinski definition) is 1. The fraction of sp³-hybridized carbons (Fsp3) is 0.714. The van der Waals surface area contributed by atoms with Crippen LogP contribution < -0.4 is 0 Å². The quantitative estimate of drug-likeness (QED) is 0.449. The minimum atomic E-state index is -0.893. The largest absolute Gasteiger partial charge is 0.441 e. The van der Waals surface area contributed by atoms with Gasteiger partial charge in [-0.25, -0.2) is 0 Å². The molecule has 1 aliphatic rings. The van der Waals surface area contributed by atoms with Crippen LogP contribution in [0.15, 0.2) is 0 Å². The molecule has 0 aliphatic carbocycles. The monoisotopic (exact) mass is 173 g/mol. The number of carbonyl (C=O) groups excluding carboxylic acids is 2. The Hall–Kier alpha value is -1.10. The molecule has 0 unspecified atom stereocenters. The number of rotatable bonds is 2. The lowest BCUT2D eigenvalue weighted by atomic mass is 10.1. The fourth-order valence-electron chi connectivity index (χ4n) is 1.14. The van der Waals surface area contributed by atoms with Crippen LogP contribution in [0.5, 0.6) is 0 Å². The third-order valence-corrected chi connectivity index (χ3v) is 1.65. The molecule has 1 fully saturated rings. The van der Waals surface area contributed by atoms with Gasteiger partial charge in [0, 0.05) is 6.92 Å². The second kappa shape index (κ2) is 3.10. The van der Waals surface area contributed by atoms with Gasteiger partial charge in [-0.1, -0.05) is 0 Å². The Bertz CT molecular complexity index is 213. The maximum atomic E-state index is 10.8. The first-order valence-corrected chi connectivity index (χ1v) is 3.69. The molecule has 68 valence electrons. The highest BCUT2D eigenvalue weighted by Gasteiger charge is 2.40. The van der Waals surface area contributed by atoms with Crippen molar-refractivity contribution in [3.8, 4) is 0 Å². The van der Waals surface area contributed by atoms with E-state index in [0.29, 0.717) is 0 Å². The first kappa shape index (κ1) is 8.99. The average molecular weight is 173 g/mol. The molecule has 0 radical (unpaired) electrons. The van der Waals surface area contributed by atoms with E-state index in [1.54, 1.807) is 0 Å². The van der Waals surface area contributed by atoms with Crippen molar-refractivity contribution in [3.05, 3.63) is 0 Å². The summed E-state index contributed by atoms with van der Waals surface area (Å²) in [7, 11) is 0. The number of esters is 1. The highest BCUT2D eigenvalue weighted by atomic mass is 16.6. The van der Waals surface area contributed by atoms with Gasteiger partial charge in [0.15, 0.2) is 6.23 Å². The molecule has 1 N–H and O–H groups in total. The van der Waals surface area contributed by atoms with Crippen LogP contribution in [0.3, 0.4) is 0 Å². The van der Waals surface area contributed by atoms with Crippen molar-refractivity contribution in [2.24, 2.45) is 0 Å². The number of amides is 1. The van der Waals surface area contributed by atoms with Gasteiger partial charge in [0.2, 0.25) is 5.91 Å². The van der Waals surface area contributed by atoms with E-state index in [4.69, 9.17) is 9.84 Å². The van der Waals surface area contributed by atoms with Crippen molar-refractivity contribution >= 4 is 11.9 Å². The molecule has 0 aromatic rings. The first-order chi connectivity index (χ1) is 5.52. The summed E-state index contributed by atoms with van der Waals surface area (Å²) in [6.45, 7) is 2.72. The smallest absolute Gasteiger partial charge is 0.304 e. The molecule has 5 heteroatoms. The van der Waals surface area contributed by atoms with Gasteiger partial charge in [0.05, 0.1) is 6.42 Å². The summed E-state index contributed by atoms with van der Waals surface area (Å²) in [5.74, 6) is -0.644. The molecule has 1 amide bonds. The van der Waals surface area contributed by atoms with E-state index in [2.05, 4.69) is 0 Å². The van der Waals surface area contributed by atoms with Crippen molar-refractivity contribution in [1.82, 2.24) is 4.90 Å². The Morgan fingerprint density at radius 2 is 2.42 bits per heavy atom. The Labute approximate surface area is 69.9 Å². The maximum absolute atomic E-state index is 10.8. The topological polar surface area (TPSA) is 66.8 Å². The summed E-state index contributed by atoms with van der Waals surface area (Å²) in [5, 5.41) is 9.04. The molecule has 1 heterocycles. The fourth-order valence-corrected chi connectivity index (χ4v) is 1.14. The van der Waals surface area contributed by atoms with Gasteiger partial charge in [0.25, 0.3) is 0 Å². The Kier molecular flexibility index (Phi) is 2.32. The second-order valence-electron chi connectivity index (χ2n) is 2.70. The van der Waals surface area contributed by atoms with E-state index in [-0.39, 0.29) is 12.3 Å². The van der Waals surface area contributed by atoms with Crippen LogP contribution in [0, 0.1) is 0 Å². The van der Waals surface area contributed by atoms with Crippen LogP contribution in [0.1, 0.15) is 20.3 Å². The van der Waals surface area contributed by atoms with Gasteiger partial charge < -0.3 is 9.84 Å². The average Bonchev–Trinajstić information content (AvgIpc) is 1.82. The standard InChI is InChI=1S/C7H11NO4/c1-4(9)8-6(11)3-7(8)12-5(2)10/h4,7,9H,3H2,1-2H3/t4-,7-/m1/s1. The normalized spacial score (nSPS) is 24.8. The van der Waals surface area contributed by atoms with Crippen LogP contribution >= 0.6 is 0 Å². The Balaban J connectivity index is 2.48. The zero-order chi connectivity index (χ0) is 9.30. The lowest BCUT2D eigenvalue weighted by Crippen LogP contribution is -2.58. The lowest BCUT2D eigenvalue weighted by Gasteiger charge is -2.40. The van der Waals surface area contributed by atoms with E-state index < -0.39 is 18.4 Å². The molecule has 0 bridgehead atoms. The zero-order valence-corrected chi connectivity index (χ0v) is 6.98. The molecule has 12 heavy (non-hydrogen) atoms. The number of β-lactam (4-membered cyclic amide) rings is 1. The predicted octanol–water partition coefficient (Wildman–Crippen LogP) is -0.554. The third-order valence-electron chi connectivity index (χ3n) is 1.65. The summed E-state index contributed by atoms with van der Waals surface area (Å²) in [5.41, 5.74) is 0. The molecular weight excluding hydrogens is 162 g/mol. The van der Waals surface area contributed by atoms with Crippen molar-refractivity contribution in [2.75, 3.05) is 0 Å². The van der Waals surface area contributed by atoms with Crippen molar-refractivity contribution < 1.29 is 19.4 Å². The van der Waals surface area contributed by atoms with Crippen LogP contribution in [-0.2, 0) is 14.3 Å². The molecule has 0 saturated carbocycles. The summed E-state index contributed by atoms with van der Waals surface area (Å²) < 4.78 is 4.74. The lowest BCUT2D eigenvalue weighted by molar-refractivity contribution is -0.200. The minimum Gasteiger partial charge on any atom is -0.441 e. The van der Waals surface area contributed by atoms with Crippen molar-refractivity contribution in [2.45, 2.75) is 32.7 Å². The molecule has 1 saturated heterocycles. The summed E-state index contributed by atoms with van der Waals surface area (Å²) in [4.78, 5) is 22.4. The summed E-state index contributed by atoms with van der Waals surface area (Å²) in [6.07, 6.45) is -1.30. The SMILES string of the molecule is CC(=O)O[C@@H]1CC(=O)N1[C@@H](C)O. The van der Waals surface area contributed by atoms with Crippen LogP contribution in [0.25, 0.3) is 0 Å². The Morgan fingerprint density at radius 3 is 2.75 bits per heavy atom.